The fourth-order valence-corrected chi connectivity index (χ4v) is 2.79. The highest BCUT2D eigenvalue weighted by Crippen LogP contribution is 2.30. The Morgan fingerprint density at radius 2 is 2.07 bits per heavy atom. The monoisotopic (exact) mass is 196 g/mol. The third-order valence-corrected chi connectivity index (χ3v) is 4.09. The van der Waals surface area contributed by atoms with E-state index in [1.807, 2.05) is 0 Å². The number of nitrogens with zero attached hydrogens (tertiary/aromatic N) is 1. The normalized spacial score (nSPS) is 35.6. The molecule has 0 radical (unpaired) electrons. The van der Waals surface area contributed by atoms with Crippen LogP contribution in [0.1, 0.15) is 39.0 Å². The molecule has 82 valence electrons. The zero-order valence-corrected chi connectivity index (χ0v) is 9.41. The number of rotatable bonds is 3. The second kappa shape index (κ2) is 4.63. The van der Waals surface area contributed by atoms with Crippen LogP contribution in [0.5, 0.6) is 0 Å². The van der Waals surface area contributed by atoms with Crippen LogP contribution in [0, 0.1) is 11.8 Å². The van der Waals surface area contributed by atoms with Crippen LogP contribution < -0.4 is 5.73 Å². The summed E-state index contributed by atoms with van der Waals surface area (Å²) < 4.78 is 0. The van der Waals surface area contributed by atoms with Gasteiger partial charge in [-0.3, -0.25) is 4.90 Å². The Morgan fingerprint density at radius 3 is 2.64 bits per heavy atom. The van der Waals surface area contributed by atoms with E-state index >= 15 is 0 Å². The maximum Gasteiger partial charge on any atom is 0.0221 e. The van der Waals surface area contributed by atoms with Crippen molar-refractivity contribution in [3.8, 4) is 0 Å². The van der Waals surface area contributed by atoms with Crippen molar-refractivity contribution in [2.75, 3.05) is 19.6 Å². The van der Waals surface area contributed by atoms with Gasteiger partial charge in [0.15, 0.2) is 0 Å². The summed E-state index contributed by atoms with van der Waals surface area (Å²) in [4.78, 5) is 2.66. The average Bonchev–Trinajstić information content (AvgIpc) is 2.13. The first-order valence-electron chi connectivity index (χ1n) is 6.23. The zero-order valence-electron chi connectivity index (χ0n) is 9.41. The number of hydrogen-bond acceptors (Lipinski definition) is 2. The summed E-state index contributed by atoms with van der Waals surface area (Å²) in [6.45, 7) is 5.84. The van der Waals surface area contributed by atoms with Crippen LogP contribution in [-0.2, 0) is 0 Å². The van der Waals surface area contributed by atoms with Crippen molar-refractivity contribution >= 4 is 0 Å². The lowest BCUT2D eigenvalue weighted by atomic mass is 9.83. The molecule has 2 unspecified atom stereocenters. The fraction of sp³-hybridized carbons (Fsp3) is 1.00. The molecule has 1 saturated heterocycles. The lowest BCUT2D eigenvalue weighted by molar-refractivity contribution is 0.0841. The minimum atomic E-state index is 0.680. The van der Waals surface area contributed by atoms with Gasteiger partial charge in [-0.2, -0.15) is 0 Å². The predicted octanol–water partition coefficient (Wildman–Crippen LogP) is 1.85. The molecule has 0 aromatic heterocycles. The quantitative estimate of drug-likeness (QED) is 0.746. The van der Waals surface area contributed by atoms with Crippen molar-refractivity contribution in [3.63, 3.8) is 0 Å². The van der Waals surface area contributed by atoms with Gasteiger partial charge < -0.3 is 5.73 Å². The van der Waals surface area contributed by atoms with E-state index in [9.17, 15) is 0 Å². The number of nitrogens with two attached hydrogens (primary N) is 1. The van der Waals surface area contributed by atoms with Gasteiger partial charge in [-0.15, -0.1) is 0 Å². The van der Waals surface area contributed by atoms with Crippen LogP contribution in [0.15, 0.2) is 0 Å². The minimum absolute atomic E-state index is 0.680. The lowest BCUT2D eigenvalue weighted by Gasteiger charge is -2.41. The van der Waals surface area contributed by atoms with Crippen molar-refractivity contribution in [2.24, 2.45) is 17.6 Å². The van der Waals surface area contributed by atoms with Gasteiger partial charge in [-0.05, 0) is 44.1 Å². The molecule has 0 spiro atoms. The van der Waals surface area contributed by atoms with E-state index in [1.54, 1.807) is 0 Å². The van der Waals surface area contributed by atoms with E-state index in [1.165, 1.54) is 45.2 Å². The van der Waals surface area contributed by atoms with E-state index < -0.39 is 0 Å². The molecule has 0 aromatic carbocycles. The highest BCUT2D eigenvalue weighted by Gasteiger charge is 2.28. The van der Waals surface area contributed by atoms with E-state index in [4.69, 9.17) is 5.73 Å². The molecular weight excluding hydrogens is 172 g/mol. The summed E-state index contributed by atoms with van der Waals surface area (Å²) in [6, 6.07) is 0.680. The summed E-state index contributed by atoms with van der Waals surface area (Å²) in [5.74, 6) is 1.89. The van der Waals surface area contributed by atoms with Gasteiger partial charge in [0, 0.05) is 19.1 Å². The van der Waals surface area contributed by atoms with Crippen molar-refractivity contribution in [1.29, 1.82) is 0 Å². The van der Waals surface area contributed by atoms with Gasteiger partial charge in [-0.25, -0.2) is 0 Å². The first kappa shape index (κ1) is 10.4. The lowest BCUT2D eigenvalue weighted by Crippen LogP contribution is -2.48. The maximum atomic E-state index is 5.85. The molecule has 2 N–H and O–H groups in total. The largest absolute Gasteiger partial charge is 0.329 e. The molecule has 14 heavy (non-hydrogen) atoms. The minimum Gasteiger partial charge on any atom is -0.329 e. The first-order valence-corrected chi connectivity index (χ1v) is 6.23. The van der Waals surface area contributed by atoms with E-state index in [-0.39, 0.29) is 0 Å². The Kier molecular flexibility index (Phi) is 3.45. The number of hydrogen-bond donors (Lipinski definition) is 1. The molecular formula is C12H24N2. The highest BCUT2D eigenvalue weighted by molar-refractivity contribution is 4.84. The molecule has 2 aliphatic rings. The SMILES string of the molecule is CC1CCN(CC2CCC2)C(CN)C1. The van der Waals surface area contributed by atoms with E-state index in [0.717, 1.165) is 18.4 Å². The molecule has 2 atom stereocenters. The average molecular weight is 196 g/mol. The molecule has 1 heterocycles. The molecule has 2 nitrogen and oxygen atoms in total. The van der Waals surface area contributed by atoms with Gasteiger partial charge in [0.2, 0.25) is 0 Å². The Balaban J connectivity index is 1.82. The third-order valence-electron chi connectivity index (χ3n) is 4.09. The molecule has 0 bridgehead atoms. The van der Waals surface area contributed by atoms with Crippen LogP contribution in [0.25, 0.3) is 0 Å². The van der Waals surface area contributed by atoms with E-state index in [2.05, 4.69) is 11.8 Å². The smallest absolute Gasteiger partial charge is 0.0221 e. The number of likely N-dealkylation sites (tertiary alicyclic amines) is 1. The Labute approximate surface area is 87.8 Å². The predicted molar refractivity (Wildman–Crippen MR) is 60.2 cm³/mol. The summed E-state index contributed by atoms with van der Waals surface area (Å²) in [5, 5.41) is 0. The Hall–Kier alpha value is -0.0800. The number of piperidine rings is 1. The summed E-state index contributed by atoms with van der Waals surface area (Å²) in [5.41, 5.74) is 5.85. The van der Waals surface area contributed by atoms with Crippen LogP contribution >= 0.6 is 0 Å². The van der Waals surface area contributed by atoms with E-state index in [0.29, 0.717) is 6.04 Å². The topological polar surface area (TPSA) is 29.3 Å². The molecule has 1 aliphatic carbocycles. The molecule has 2 heteroatoms. The standard InChI is InChI=1S/C12H24N2/c1-10-5-6-14(12(7-10)8-13)9-11-3-2-4-11/h10-12H,2-9,13H2,1H3. The molecule has 1 saturated carbocycles. The molecule has 1 aliphatic heterocycles. The van der Waals surface area contributed by atoms with Crippen LogP contribution in [0.4, 0.5) is 0 Å². The van der Waals surface area contributed by atoms with Gasteiger partial charge in [0.1, 0.15) is 0 Å². The van der Waals surface area contributed by atoms with Crippen molar-refractivity contribution in [2.45, 2.75) is 45.1 Å². The summed E-state index contributed by atoms with van der Waals surface area (Å²) in [6.07, 6.45) is 7.08. The first-order chi connectivity index (χ1) is 6.79. The van der Waals surface area contributed by atoms with Crippen molar-refractivity contribution < 1.29 is 0 Å². The van der Waals surface area contributed by atoms with Gasteiger partial charge in [0.05, 0.1) is 0 Å². The Bertz CT molecular complexity index is 177. The highest BCUT2D eigenvalue weighted by atomic mass is 15.2. The fourth-order valence-electron chi connectivity index (χ4n) is 2.79. The second-order valence-electron chi connectivity index (χ2n) is 5.31. The maximum absolute atomic E-state index is 5.85. The van der Waals surface area contributed by atoms with Gasteiger partial charge >= 0.3 is 0 Å². The van der Waals surface area contributed by atoms with Crippen LogP contribution in [0.3, 0.4) is 0 Å². The van der Waals surface area contributed by atoms with Crippen LogP contribution in [0.2, 0.25) is 0 Å². The van der Waals surface area contributed by atoms with Gasteiger partial charge in [0.25, 0.3) is 0 Å². The Morgan fingerprint density at radius 1 is 1.29 bits per heavy atom. The zero-order chi connectivity index (χ0) is 9.97. The third kappa shape index (κ3) is 2.29. The molecule has 2 fully saturated rings. The van der Waals surface area contributed by atoms with Crippen molar-refractivity contribution in [3.05, 3.63) is 0 Å². The van der Waals surface area contributed by atoms with Crippen molar-refractivity contribution in [1.82, 2.24) is 4.90 Å². The molecule has 0 aromatic rings. The molecule has 0 amide bonds. The second-order valence-corrected chi connectivity index (χ2v) is 5.31. The summed E-state index contributed by atoms with van der Waals surface area (Å²) >= 11 is 0. The summed E-state index contributed by atoms with van der Waals surface area (Å²) in [7, 11) is 0. The van der Waals surface area contributed by atoms with Gasteiger partial charge in [-0.1, -0.05) is 13.3 Å². The van der Waals surface area contributed by atoms with Crippen LogP contribution in [-0.4, -0.2) is 30.6 Å². The molecule has 2 rings (SSSR count).